The summed E-state index contributed by atoms with van der Waals surface area (Å²) in [5.74, 6) is 0.1000. The van der Waals surface area contributed by atoms with Crippen LogP contribution in [0.25, 0.3) is 0 Å². The minimum atomic E-state index is -3.84. The Hall–Kier alpha value is -3.32. The zero-order valence-corrected chi connectivity index (χ0v) is 17.2. The van der Waals surface area contributed by atoms with Gasteiger partial charge in [0.05, 0.1) is 17.7 Å². The first kappa shape index (κ1) is 20.4. The van der Waals surface area contributed by atoms with Gasteiger partial charge in [-0.25, -0.2) is 8.42 Å². The second kappa shape index (κ2) is 8.36. The number of rotatable bonds is 6. The van der Waals surface area contributed by atoms with Crippen molar-refractivity contribution >= 4 is 27.3 Å². The minimum absolute atomic E-state index is 0.00906. The van der Waals surface area contributed by atoms with Gasteiger partial charge in [-0.3, -0.25) is 9.52 Å². The van der Waals surface area contributed by atoms with Crippen LogP contribution < -0.4 is 14.8 Å². The molecule has 0 unspecified atom stereocenters. The van der Waals surface area contributed by atoms with E-state index in [0.717, 1.165) is 5.56 Å². The topological polar surface area (TPSA) is 84.5 Å². The number of aryl methyl sites for hydroxylation is 2. The molecule has 0 fully saturated rings. The Morgan fingerprint density at radius 3 is 2.41 bits per heavy atom. The van der Waals surface area contributed by atoms with Gasteiger partial charge in [-0.15, -0.1) is 0 Å². The monoisotopic (exact) mass is 410 g/mol. The normalized spacial score (nSPS) is 11.0. The van der Waals surface area contributed by atoms with Gasteiger partial charge in [0.15, 0.2) is 0 Å². The molecule has 1 amide bonds. The van der Waals surface area contributed by atoms with Gasteiger partial charge in [0, 0.05) is 11.3 Å². The number of hydrogen-bond acceptors (Lipinski definition) is 4. The van der Waals surface area contributed by atoms with Crippen molar-refractivity contribution in [2.75, 3.05) is 17.1 Å². The maximum atomic E-state index is 12.8. The van der Waals surface area contributed by atoms with E-state index >= 15 is 0 Å². The Kier molecular flexibility index (Phi) is 5.89. The van der Waals surface area contributed by atoms with Crippen LogP contribution in [-0.2, 0) is 10.0 Å². The molecule has 0 aliphatic heterocycles. The molecule has 2 N–H and O–H groups in total. The fraction of sp³-hybridized carbons (Fsp3) is 0.136. The van der Waals surface area contributed by atoms with E-state index in [1.807, 2.05) is 13.0 Å². The van der Waals surface area contributed by atoms with E-state index in [0.29, 0.717) is 22.7 Å². The molecule has 6 nitrogen and oxygen atoms in total. The van der Waals surface area contributed by atoms with E-state index in [2.05, 4.69) is 10.0 Å². The highest BCUT2D eigenvalue weighted by Crippen LogP contribution is 2.25. The second-order valence-corrected chi connectivity index (χ2v) is 8.29. The lowest BCUT2D eigenvalue weighted by molar-refractivity contribution is 0.102. The van der Waals surface area contributed by atoms with Crippen LogP contribution in [0, 0.1) is 13.8 Å². The number of ether oxygens (including phenoxy) is 1. The Labute approximate surface area is 170 Å². The molecule has 0 spiro atoms. The molecule has 0 aliphatic rings. The van der Waals surface area contributed by atoms with Crippen molar-refractivity contribution in [3.05, 3.63) is 83.4 Å². The molecule has 0 atom stereocenters. The van der Waals surface area contributed by atoms with Gasteiger partial charge in [0.1, 0.15) is 5.75 Å². The van der Waals surface area contributed by atoms with E-state index in [1.54, 1.807) is 55.5 Å². The van der Waals surface area contributed by atoms with Gasteiger partial charge in [-0.2, -0.15) is 0 Å². The summed E-state index contributed by atoms with van der Waals surface area (Å²) in [6.07, 6.45) is 0. The number of sulfonamides is 1. The van der Waals surface area contributed by atoms with E-state index < -0.39 is 15.9 Å². The SMILES string of the molecule is COc1ccccc1NC(=O)c1cc(S(=O)(=O)Nc2cccc(C)c2)ccc1C. The fourth-order valence-electron chi connectivity index (χ4n) is 2.87. The largest absolute Gasteiger partial charge is 0.495 e. The van der Waals surface area contributed by atoms with Crippen molar-refractivity contribution in [1.82, 2.24) is 0 Å². The van der Waals surface area contributed by atoms with E-state index in [1.165, 1.54) is 19.2 Å². The molecular formula is C22H22N2O4S. The summed E-state index contributed by atoms with van der Waals surface area (Å²) in [5.41, 5.74) is 2.83. The summed E-state index contributed by atoms with van der Waals surface area (Å²) >= 11 is 0. The van der Waals surface area contributed by atoms with Gasteiger partial charge in [0.25, 0.3) is 15.9 Å². The molecule has 0 bridgehead atoms. The second-order valence-electron chi connectivity index (χ2n) is 6.61. The van der Waals surface area contributed by atoms with Crippen LogP contribution in [0.1, 0.15) is 21.5 Å². The first-order chi connectivity index (χ1) is 13.8. The summed E-state index contributed by atoms with van der Waals surface area (Å²) in [4.78, 5) is 12.8. The highest BCUT2D eigenvalue weighted by Gasteiger charge is 2.19. The van der Waals surface area contributed by atoms with Crippen molar-refractivity contribution in [3.63, 3.8) is 0 Å². The molecule has 0 saturated carbocycles. The van der Waals surface area contributed by atoms with Gasteiger partial charge in [-0.1, -0.05) is 30.3 Å². The molecular weight excluding hydrogens is 388 g/mol. The van der Waals surface area contributed by atoms with Crippen LogP contribution >= 0.6 is 0 Å². The predicted octanol–water partition coefficient (Wildman–Crippen LogP) is 4.37. The number of carbonyl (C=O) groups is 1. The first-order valence-corrected chi connectivity index (χ1v) is 10.4. The van der Waals surface area contributed by atoms with Crippen LogP contribution in [0.5, 0.6) is 5.75 Å². The molecule has 0 saturated heterocycles. The molecule has 7 heteroatoms. The Bertz CT molecular complexity index is 1160. The van der Waals surface area contributed by atoms with Crippen molar-refractivity contribution in [2.24, 2.45) is 0 Å². The number of para-hydroxylation sites is 2. The number of carbonyl (C=O) groups excluding carboxylic acids is 1. The van der Waals surface area contributed by atoms with Crippen molar-refractivity contribution in [3.8, 4) is 5.75 Å². The summed E-state index contributed by atoms with van der Waals surface area (Å²) in [5, 5.41) is 2.78. The lowest BCUT2D eigenvalue weighted by atomic mass is 10.1. The molecule has 3 rings (SSSR count). The number of benzene rings is 3. The smallest absolute Gasteiger partial charge is 0.261 e. The van der Waals surface area contributed by atoms with Crippen molar-refractivity contribution < 1.29 is 17.9 Å². The average molecular weight is 410 g/mol. The van der Waals surface area contributed by atoms with Crippen LogP contribution in [0.15, 0.2) is 71.6 Å². The minimum Gasteiger partial charge on any atom is -0.495 e. The van der Waals surface area contributed by atoms with Gasteiger partial charge >= 0.3 is 0 Å². The molecule has 29 heavy (non-hydrogen) atoms. The zero-order valence-electron chi connectivity index (χ0n) is 16.4. The lowest BCUT2D eigenvalue weighted by Gasteiger charge is -2.13. The highest BCUT2D eigenvalue weighted by atomic mass is 32.2. The summed E-state index contributed by atoms with van der Waals surface area (Å²) in [7, 11) is -2.33. The maximum Gasteiger partial charge on any atom is 0.261 e. The molecule has 0 heterocycles. The molecule has 150 valence electrons. The maximum absolute atomic E-state index is 12.8. The van der Waals surface area contributed by atoms with Crippen LogP contribution in [0.4, 0.5) is 11.4 Å². The summed E-state index contributed by atoms with van der Waals surface area (Å²) in [6.45, 7) is 3.63. The van der Waals surface area contributed by atoms with E-state index in [-0.39, 0.29) is 10.5 Å². The zero-order chi connectivity index (χ0) is 21.0. The highest BCUT2D eigenvalue weighted by molar-refractivity contribution is 7.92. The van der Waals surface area contributed by atoms with Crippen LogP contribution in [-0.4, -0.2) is 21.4 Å². The molecule has 0 aromatic heterocycles. The third kappa shape index (κ3) is 4.75. The number of methoxy groups -OCH3 is 1. The summed E-state index contributed by atoms with van der Waals surface area (Å²) in [6, 6.07) is 18.5. The number of hydrogen-bond donors (Lipinski definition) is 2. The van der Waals surface area contributed by atoms with Crippen LogP contribution in [0.2, 0.25) is 0 Å². The third-order valence-electron chi connectivity index (χ3n) is 4.39. The van der Waals surface area contributed by atoms with Crippen molar-refractivity contribution in [1.29, 1.82) is 0 Å². The van der Waals surface area contributed by atoms with E-state index in [9.17, 15) is 13.2 Å². The predicted molar refractivity (Wildman–Crippen MR) is 114 cm³/mol. The number of nitrogens with one attached hydrogen (secondary N) is 2. The summed E-state index contributed by atoms with van der Waals surface area (Å²) < 4.78 is 33.4. The van der Waals surface area contributed by atoms with Gasteiger partial charge < -0.3 is 10.1 Å². The average Bonchev–Trinajstić information content (AvgIpc) is 2.68. The van der Waals surface area contributed by atoms with E-state index in [4.69, 9.17) is 4.74 Å². The van der Waals surface area contributed by atoms with Gasteiger partial charge in [0.2, 0.25) is 0 Å². The van der Waals surface area contributed by atoms with Crippen LogP contribution in [0.3, 0.4) is 0 Å². The fourth-order valence-corrected chi connectivity index (χ4v) is 3.95. The Morgan fingerprint density at radius 1 is 0.931 bits per heavy atom. The Morgan fingerprint density at radius 2 is 1.69 bits per heavy atom. The molecule has 0 aliphatic carbocycles. The molecule has 3 aromatic carbocycles. The number of amides is 1. The Balaban J connectivity index is 1.90. The molecule has 3 aromatic rings. The molecule has 0 radical (unpaired) electrons. The van der Waals surface area contributed by atoms with Crippen molar-refractivity contribution in [2.45, 2.75) is 18.7 Å². The van der Waals surface area contributed by atoms with Gasteiger partial charge in [-0.05, 0) is 61.4 Å². The third-order valence-corrected chi connectivity index (χ3v) is 5.77. The first-order valence-electron chi connectivity index (χ1n) is 8.94. The quantitative estimate of drug-likeness (QED) is 0.632. The standard InChI is InChI=1S/C22H22N2O4S/c1-15-7-6-8-17(13-15)24-29(26,27)18-12-11-16(2)19(14-18)22(25)23-20-9-4-5-10-21(20)28-3/h4-14,24H,1-3H3,(H,23,25). The lowest BCUT2D eigenvalue weighted by Crippen LogP contribution is -2.17. The number of anilines is 2.